The van der Waals surface area contributed by atoms with Gasteiger partial charge in [0.25, 0.3) is 0 Å². The van der Waals surface area contributed by atoms with Crippen molar-refractivity contribution in [1.29, 1.82) is 5.26 Å². The maximum atomic E-state index is 8.84. The fourth-order valence-corrected chi connectivity index (χ4v) is 1.62. The van der Waals surface area contributed by atoms with Crippen molar-refractivity contribution in [3.8, 4) is 17.9 Å². The minimum Gasteiger partial charge on any atom is -0.292 e. The van der Waals surface area contributed by atoms with Crippen LogP contribution in [0.5, 0.6) is 0 Å². The molecule has 2 heteroatoms. The fraction of sp³-hybridized carbons (Fsp3) is 0.400. The highest BCUT2D eigenvalue weighted by atomic mass is 15.1. The molecule has 0 fully saturated rings. The van der Waals surface area contributed by atoms with Gasteiger partial charge in [0.1, 0.15) is 0 Å². The first kappa shape index (κ1) is 13.3. The molecule has 0 amide bonds. The van der Waals surface area contributed by atoms with Gasteiger partial charge in [-0.15, -0.1) is 5.92 Å². The molecule has 0 saturated heterocycles. The minimum atomic E-state index is 0.421. The van der Waals surface area contributed by atoms with Gasteiger partial charge in [-0.2, -0.15) is 5.26 Å². The van der Waals surface area contributed by atoms with E-state index in [9.17, 15) is 0 Å². The van der Waals surface area contributed by atoms with Gasteiger partial charge in [-0.05, 0) is 45.0 Å². The number of hydrogen-bond acceptors (Lipinski definition) is 2. The molecule has 0 saturated carbocycles. The molecule has 1 rings (SSSR count). The van der Waals surface area contributed by atoms with Crippen molar-refractivity contribution in [3.63, 3.8) is 0 Å². The second-order valence-corrected chi connectivity index (χ2v) is 4.21. The molecule has 0 aromatic heterocycles. The average Bonchev–Trinajstić information content (AvgIpc) is 2.36. The fourth-order valence-electron chi connectivity index (χ4n) is 1.62. The number of likely N-dealkylation sites (N-methyl/N-ethyl adjacent to an activating group) is 1. The molecule has 0 spiro atoms. The number of nitrogens with zero attached hydrogens (tertiary/aromatic N) is 2. The third kappa shape index (κ3) is 4.31. The van der Waals surface area contributed by atoms with Crippen LogP contribution in [-0.2, 0) is 6.42 Å². The maximum Gasteiger partial charge on any atom is 0.0991 e. The Morgan fingerprint density at radius 3 is 2.82 bits per heavy atom. The van der Waals surface area contributed by atoms with Gasteiger partial charge in [0.15, 0.2) is 0 Å². The molecule has 17 heavy (non-hydrogen) atoms. The molecular formula is C15H18N2. The van der Waals surface area contributed by atoms with Crippen molar-refractivity contribution < 1.29 is 0 Å². The van der Waals surface area contributed by atoms with Gasteiger partial charge in [-0.3, -0.25) is 4.90 Å². The summed E-state index contributed by atoms with van der Waals surface area (Å²) in [6, 6.07) is 10.4. The lowest BCUT2D eigenvalue weighted by molar-refractivity contribution is 0.287. The summed E-state index contributed by atoms with van der Waals surface area (Å²) >= 11 is 0. The summed E-state index contributed by atoms with van der Waals surface area (Å²) in [5.41, 5.74) is 1.93. The molecule has 0 aliphatic carbocycles. The Balaban J connectivity index is 2.63. The van der Waals surface area contributed by atoms with E-state index in [4.69, 9.17) is 5.26 Å². The topological polar surface area (TPSA) is 27.0 Å². The largest absolute Gasteiger partial charge is 0.292 e. The molecular weight excluding hydrogens is 208 g/mol. The Bertz CT molecular complexity index is 460. The highest BCUT2D eigenvalue weighted by Gasteiger charge is 2.08. The third-order valence-electron chi connectivity index (χ3n) is 2.84. The van der Waals surface area contributed by atoms with Crippen LogP contribution in [0.25, 0.3) is 0 Å². The number of nitriles is 1. The highest BCUT2D eigenvalue weighted by molar-refractivity contribution is 5.33. The van der Waals surface area contributed by atoms with E-state index in [0.717, 1.165) is 18.5 Å². The smallest absolute Gasteiger partial charge is 0.0991 e. The zero-order chi connectivity index (χ0) is 12.7. The van der Waals surface area contributed by atoms with Crippen LogP contribution >= 0.6 is 0 Å². The van der Waals surface area contributed by atoms with Crippen LogP contribution in [0.1, 0.15) is 25.0 Å². The number of hydrogen-bond donors (Lipinski definition) is 0. The zero-order valence-corrected chi connectivity index (χ0v) is 10.7. The van der Waals surface area contributed by atoms with Crippen LogP contribution in [0.4, 0.5) is 0 Å². The monoisotopic (exact) mass is 226 g/mol. The first-order valence-electron chi connectivity index (χ1n) is 5.76. The van der Waals surface area contributed by atoms with Crippen LogP contribution < -0.4 is 0 Å². The normalized spacial score (nSPS) is 11.5. The van der Waals surface area contributed by atoms with E-state index < -0.39 is 0 Å². The van der Waals surface area contributed by atoms with E-state index in [-0.39, 0.29) is 0 Å². The standard InChI is InChI=1S/C15H18N2/c1-4-5-9-17(3)13(2)10-14-7-6-8-15(11-14)12-16/h6-8,11,13H,9-10H2,1-3H3/t13-/m1/s1. The van der Waals surface area contributed by atoms with Crippen molar-refractivity contribution in [2.45, 2.75) is 26.3 Å². The van der Waals surface area contributed by atoms with Gasteiger partial charge in [0, 0.05) is 6.04 Å². The van der Waals surface area contributed by atoms with Crippen LogP contribution in [-0.4, -0.2) is 24.5 Å². The van der Waals surface area contributed by atoms with Gasteiger partial charge >= 0.3 is 0 Å². The molecule has 0 bridgehead atoms. The maximum absolute atomic E-state index is 8.84. The van der Waals surface area contributed by atoms with Crippen molar-refractivity contribution in [3.05, 3.63) is 35.4 Å². The Morgan fingerprint density at radius 2 is 2.18 bits per heavy atom. The molecule has 1 aromatic carbocycles. The molecule has 2 nitrogen and oxygen atoms in total. The number of rotatable bonds is 4. The minimum absolute atomic E-state index is 0.421. The van der Waals surface area contributed by atoms with E-state index in [1.807, 2.05) is 25.1 Å². The molecule has 88 valence electrons. The van der Waals surface area contributed by atoms with E-state index in [1.165, 1.54) is 5.56 Å². The van der Waals surface area contributed by atoms with Gasteiger partial charge in [-0.1, -0.05) is 18.1 Å². The van der Waals surface area contributed by atoms with E-state index >= 15 is 0 Å². The van der Waals surface area contributed by atoms with Gasteiger partial charge in [0.2, 0.25) is 0 Å². The summed E-state index contributed by atoms with van der Waals surface area (Å²) in [5.74, 6) is 5.96. The Morgan fingerprint density at radius 1 is 1.41 bits per heavy atom. The van der Waals surface area contributed by atoms with Crippen molar-refractivity contribution in [1.82, 2.24) is 4.90 Å². The molecule has 0 N–H and O–H groups in total. The quantitative estimate of drug-likeness (QED) is 0.737. The molecule has 0 radical (unpaired) electrons. The lowest BCUT2D eigenvalue weighted by atomic mass is 10.0. The summed E-state index contributed by atoms with van der Waals surface area (Å²) in [4.78, 5) is 2.22. The lowest BCUT2D eigenvalue weighted by Gasteiger charge is -2.22. The van der Waals surface area contributed by atoms with Crippen molar-refractivity contribution in [2.75, 3.05) is 13.6 Å². The van der Waals surface area contributed by atoms with Crippen LogP contribution in [0, 0.1) is 23.2 Å². The Labute approximate surface area is 104 Å². The summed E-state index contributed by atoms with van der Waals surface area (Å²) in [6.45, 7) is 4.82. The Kier molecular flexibility index (Phi) is 5.27. The molecule has 0 unspecified atom stereocenters. The van der Waals surface area contributed by atoms with Crippen LogP contribution in [0.15, 0.2) is 24.3 Å². The first-order valence-corrected chi connectivity index (χ1v) is 5.76. The molecule has 1 atom stereocenters. The summed E-state index contributed by atoms with van der Waals surface area (Å²) < 4.78 is 0. The highest BCUT2D eigenvalue weighted by Crippen LogP contribution is 2.09. The first-order chi connectivity index (χ1) is 8.17. The zero-order valence-electron chi connectivity index (χ0n) is 10.7. The Hall–Kier alpha value is -1.77. The number of benzene rings is 1. The summed E-state index contributed by atoms with van der Waals surface area (Å²) in [5, 5.41) is 8.84. The second-order valence-electron chi connectivity index (χ2n) is 4.21. The predicted molar refractivity (Wildman–Crippen MR) is 70.4 cm³/mol. The van der Waals surface area contributed by atoms with E-state index in [2.05, 4.69) is 42.8 Å². The van der Waals surface area contributed by atoms with Crippen LogP contribution in [0.3, 0.4) is 0 Å². The van der Waals surface area contributed by atoms with E-state index in [1.54, 1.807) is 0 Å². The van der Waals surface area contributed by atoms with Crippen LogP contribution in [0.2, 0.25) is 0 Å². The summed E-state index contributed by atoms with van der Waals surface area (Å²) in [6.07, 6.45) is 0.942. The molecule has 0 aliphatic heterocycles. The SMILES string of the molecule is CC#CCN(C)[C@H](C)Cc1cccc(C#N)c1. The summed E-state index contributed by atoms with van der Waals surface area (Å²) in [7, 11) is 2.07. The van der Waals surface area contributed by atoms with Gasteiger partial charge < -0.3 is 0 Å². The van der Waals surface area contributed by atoms with Crippen molar-refractivity contribution in [2.24, 2.45) is 0 Å². The third-order valence-corrected chi connectivity index (χ3v) is 2.84. The van der Waals surface area contributed by atoms with Crippen molar-refractivity contribution >= 4 is 0 Å². The lowest BCUT2D eigenvalue weighted by Crippen LogP contribution is -2.31. The van der Waals surface area contributed by atoms with Gasteiger partial charge in [-0.25, -0.2) is 0 Å². The second kappa shape index (κ2) is 6.74. The molecule has 1 aromatic rings. The average molecular weight is 226 g/mol. The predicted octanol–water partition coefficient (Wildman–Crippen LogP) is 2.44. The molecule has 0 aliphatic rings. The molecule has 0 heterocycles. The van der Waals surface area contributed by atoms with Gasteiger partial charge in [0.05, 0.1) is 18.2 Å². The van der Waals surface area contributed by atoms with E-state index in [0.29, 0.717) is 6.04 Å².